The summed E-state index contributed by atoms with van der Waals surface area (Å²) < 4.78 is 0. The summed E-state index contributed by atoms with van der Waals surface area (Å²) in [6.45, 7) is 4.25. The van der Waals surface area contributed by atoms with Crippen molar-refractivity contribution in [2.75, 3.05) is 12.4 Å². The van der Waals surface area contributed by atoms with Crippen LogP contribution in [0, 0.1) is 0 Å². The Morgan fingerprint density at radius 3 is 2.85 bits per heavy atom. The molecule has 0 aromatic carbocycles. The van der Waals surface area contributed by atoms with Crippen LogP contribution in [0.5, 0.6) is 0 Å². The smallest absolute Gasteiger partial charge is 0.320 e. The van der Waals surface area contributed by atoms with Gasteiger partial charge in [-0.3, -0.25) is 4.84 Å². The monoisotopic (exact) mass is 206 g/mol. The van der Waals surface area contributed by atoms with Crippen molar-refractivity contribution in [1.29, 1.82) is 0 Å². The predicted octanol–water partition coefficient (Wildman–Crippen LogP) is 2.13. The second-order valence-electron chi connectivity index (χ2n) is 2.53. The Balaban J connectivity index is 3.51. The first kappa shape index (κ1) is 12.2. The van der Waals surface area contributed by atoms with Crippen molar-refractivity contribution < 1.29 is 9.63 Å². The molecule has 0 rings (SSSR count). The molecule has 0 radical (unpaired) electrons. The van der Waals surface area contributed by atoms with Crippen molar-refractivity contribution in [2.24, 2.45) is 5.16 Å². The van der Waals surface area contributed by atoms with Gasteiger partial charge in [0.05, 0.1) is 5.71 Å². The molecule has 13 heavy (non-hydrogen) atoms. The molecule has 5 heteroatoms. The van der Waals surface area contributed by atoms with Gasteiger partial charge in [-0.15, -0.1) is 11.6 Å². The predicted molar refractivity (Wildman–Crippen MR) is 53.2 cm³/mol. The Hall–Kier alpha value is -0.770. The average Bonchev–Trinajstić information content (AvgIpc) is 2.14. The minimum atomic E-state index is -0.530. The number of nitrogens with one attached hydrogen (secondary N) is 1. The third kappa shape index (κ3) is 7.59. The topological polar surface area (TPSA) is 50.7 Å². The SMILES string of the molecule is CC/C(C)=N\OC(=O)NCCCCl. The Labute approximate surface area is 83.3 Å². The number of carbonyl (C=O) groups excluding carboxylic acids is 1. The molecular formula is C8H15ClN2O2. The first-order chi connectivity index (χ1) is 6.20. The second kappa shape index (κ2) is 7.86. The molecule has 4 nitrogen and oxygen atoms in total. The minimum absolute atomic E-state index is 0.517. The van der Waals surface area contributed by atoms with E-state index in [1.54, 1.807) is 6.92 Å². The lowest BCUT2D eigenvalue weighted by Gasteiger charge is -2.00. The van der Waals surface area contributed by atoms with Gasteiger partial charge in [-0.05, 0) is 19.8 Å². The van der Waals surface area contributed by atoms with E-state index in [4.69, 9.17) is 11.6 Å². The number of hydrogen-bond donors (Lipinski definition) is 1. The van der Waals surface area contributed by atoms with Crippen molar-refractivity contribution in [2.45, 2.75) is 26.7 Å². The van der Waals surface area contributed by atoms with Crippen LogP contribution in [-0.4, -0.2) is 24.2 Å². The normalized spacial score (nSPS) is 11.2. The van der Waals surface area contributed by atoms with Crippen LogP contribution >= 0.6 is 11.6 Å². The summed E-state index contributed by atoms with van der Waals surface area (Å²) in [4.78, 5) is 15.4. The van der Waals surface area contributed by atoms with Gasteiger partial charge in [0.15, 0.2) is 0 Å². The third-order valence-corrected chi connectivity index (χ3v) is 1.64. The fraction of sp³-hybridized carbons (Fsp3) is 0.750. The van der Waals surface area contributed by atoms with Gasteiger partial charge in [-0.1, -0.05) is 12.1 Å². The maximum absolute atomic E-state index is 10.9. The number of oxime groups is 1. The quantitative estimate of drug-likeness (QED) is 0.246. The van der Waals surface area contributed by atoms with E-state index in [2.05, 4.69) is 15.3 Å². The summed E-state index contributed by atoms with van der Waals surface area (Å²) in [5.74, 6) is 0.525. The maximum atomic E-state index is 10.9. The highest BCUT2D eigenvalue weighted by molar-refractivity contribution is 6.17. The van der Waals surface area contributed by atoms with Crippen LogP contribution in [0.3, 0.4) is 0 Å². The molecule has 76 valence electrons. The lowest BCUT2D eigenvalue weighted by atomic mass is 10.3. The Kier molecular flexibility index (Phi) is 7.39. The molecule has 0 aliphatic heterocycles. The van der Waals surface area contributed by atoms with Gasteiger partial charge in [0.25, 0.3) is 0 Å². The third-order valence-electron chi connectivity index (χ3n) is 1.38. The van der Waals surface area contributed by atoms with Crippen molar-refractivity contribution in [3.63, 3.8) is 0 Å². The van der Waals surface area contributed by atoms with E-state index in [1.165, 1.54) is 0 Å². The molecule has 0 unspecified atom stereocenters. The molecule has 0 aliphatic rings. The summed E-state index contributed by atoms with van der Waals surface area (Å²) >= 11 is 5.42. The van der Waals surface area contributed by atoms with E-state index in [1.807, 2.05) is 6.92 Å². The molecule has 0 atom stereocenters. The van der Waals surface area contributed by atoms with E-state index in [9.17, 15) is 4.79 Å². The van der Waals surface area contributed by atoms with Crippen LogP contribution in [0.1, 0.15) is 26.7 Å². The largest absolute Gasteiger partial charge is 0.433 e. The maximum Gasteiger partial charge on any atom is 0.433 e. The average molecular weight is 207 g/mol. The van der Waals surface area contributed by atoms with Gasteiger partial charge in [-0.25, -0.2) is 4.79 Å². The van der Waals surface area contributed by atoms with Crippen LogP contribution in [0.25, 0.3) is 0 Å². The van der Waals surface area contributed by atoms with Crippen LogP contribution < -0.4 is 5.32 Å². The second-order valence-corrected chi connectivity index (χ2v) is 2.91. The molecule has 0 saturated carbocycles. The highest BCUT2D eigenvalue weighted by atomic mass is 35.5. The highest BCUT2D eigenvalue weighted by Gasteiger charge is 1.99. The Morgan fingerprint density at radius 1 is 1.62 bits per heavy atom. The van der Waals surface area contributed by atoms with Gasteiger partial charge < -0.3 is 5.32 Å². The lowest BCUT2D eigenvalue weighted by molar-refractivity contribution is 0.150. The van der Waals surface area contributed by atoms with Gasteiger partial charge >= 0.3 is 6.09 Å². The van der Waals surface area contributed by atoms with E-state index in [0.29, 0.717) is 12.4 Å². The number of amides is 1. The fourth-order valence-electron chi connectivity index (χ4n) is 0.473. The minimum Gasteiger partial charge on any atom is -0.320 e. The molecule has 0 heterocycles. The lowest BCUT2D eigenvalue weighted by Crippen LogP contribution is -2.24. The van der Waals surface area contributed by atoms with Crippen LogP contribution in [-0.2, 0) is 4.84 Å². The van der Waals surface area contributed by atoms with Crippen LogP contribution in [0.15, 0.2) is 5.16 Å². The molecule has 0 aromatic rings. The van der Waals surface area contributed by atoms with Crippen molar-refractivity contribution >= 4 is 23.4 Å². The molecule has 0 aliphatic carbocycles. The summed E-state index contributed by atoms with van der Waals surface area (Å²) in [7, 11) is 0. The van der Waals surface area contributed by atoms with Crippen molar-refractivity contribution in [3.05, 3.63) is 0 Å². The number of hydrogen-bond acceptors (Lipinski definition) is 3. The zero-order valence-corrected chi connectivity index (χ0v) is 8.73. The van der Waals surface area contributed by atoms with Gasteiger partial charge in [-0.2, -0.15) is 0 Å². The standard InChI is InChI=1S/C8H15ClN2O2/c1-3-7(2)11-13-8(12)10-6-4-5-9/h3-6H2,1-2H3,(H,10,12)/b11-7-. The highest BCUT2D eigenvalue weighted by Crippen LogP contribution is 1.87. The molecule has 0 fully saturated rings. The number of rotatable bonds is 5. The van der Waals surface area contributed by atoms with E-state index >= 15 is 0 Å². The molecule has 1 N–H and O–H groups in total. The molecule has 0 saturated heterocycles. The van der Waals surface area contributed by atoms with Crippen LogP contribution in [0.2, 0.25) is 0 Å². The van der Waals surface area contributed by atoms with Gasteiger partial charge in [0, 0.05) is 12.4 Å². The summed E-state index contributed by atoms with van der Waals surface area (Å²) in [6.07, 6.45) is 0.972. The summed E-state index contributed by atoms with van der Waals surface area (Å²) in [5, 5.41) is 6.10. The number of nitrogens with zero attached hydrogens (tertiary/aromatic N) is 1. The van der Waals surface area contributed by atoms with Gasteiger partial charge in [0.1, 0.15) is 0 Å². The molecule has 0 aromatic heterocycles. The van der Waals surface area contributed by atoms with Gasteiger partial charge in [0.2, 0.25) is 0 Å². The number of alkyl halides is 1. The fourth-order valence-corrected chi connectivity index (χ4v) is 0.607. The first-order valence-corrected chi connectivity index (χ1v) is 4.78. The zero-order chi connectivity index (χ0) is 10.1. The number of halogens is 1. The zero-order valence-electron chi connectivity index (χ0n) is 7.97. The van der Waals surface area contributed by atoms with Crippen molar-refractivity contribution in [1.82, 2.24) is 5.32 Å². The Bertz CT molecular complexity index is 183. The van der Waals surface area contributed by atoms with Crippen molar-refractivity contribution in [3.8, 4) is 0 Å². The van der Waals surface area contributed by atoms with E-state index < -0.39 is 6.09 Å². The summed E-state index contributed by atoms with van der Waals surface area (Å²) in [6, 6.07) is 0. The van der Waals surface area contributed by atoms with E-state index in [-0.39, 0.29) is 0 Å². The first-order valence-electron chi connectivity index (χ1n) is 4.25. The molecule has 0 bridgehead atoms. The molecule has 0 spiro atoms. The van der Waals surface area contributed by atoms with E-state index in [0.717, 1.165) is 18.6 Å². The Morgan fingerprint density at radius 2 is 2.31 bits per heavy atom. The summed E-state index contributed by atoms with van der Waals surface area (Å²) in [5.41, 5.74) is 0.785. The number of carbonyl (C=O) groups is 1. The molecular weight excluding hydrogens is 192 g/mol. The molecule has 1 amide bonds. The van der Waals surface area contributed by atoms with Crippen LogP contribution in [0.4, 0.5) is 4.79 Å².